The molecule has 156 valence electrons. The Morgan fingerprint density at radius 3 is 2.28 bits per heavy atom. The summed E-state index contributed by atoms with van der Waals surface area (Å²) in [6.45, 7) is 3.05. The van der Waals surface area contributed by atoms with Gasteiger partial charge < -0.3 is 15.5 Å². The SMILES string of the molecule is CN=C(NCCCC(=O)N1Cc2ccccc2C1)NCCSc1ccccc1.I. The Labute approximate surface area is 194 Å². The number of guanidine groups is 1. The fourth-order valence-corrected chi connectivity index (χ4v) is 3.98. The number of nitrogens with zero attached hydrogens (tertiary/aromatic N) is 2. The molecule has 2 aromatic carbocycles. The molecule has 3 rings (SSSR count). The summed E-state index contributed by atoms with van der Waals surface area (Å²) in [6.07, 6.45) is 1.35. The smallest absolute Gasteiger partial charge is 0.223 e. The van der Waals surface area contributed by atoms with Crippen molar-refractivity contribution >= 4 is 47.6 Å². The standard InChI is InChI=1S/C22H28N4OS.HI/c1-23-22(25-14-15-28-20-10-3-2-4-11-20)24-13-7-12-21(27)26-16-18-8-5-6-9-19(18)17-26;/h2-6,8-11H,7,12-17H2,1H3,(H2,23,24,25);1H. The van der Waals surface area contributed by atoms with Crippen molar-refractivity contribution in [1.82, 2.24) is 15.5 Å². The number of amides is 1. The van der Waals surface area contributed by atoms with E-state index in [1.165, 1.54) is 16.0 Å². The van der Waals surface area contributed by atoms with Gasteiger partial charge >= 0.3 is 0 Å². The molecule has 0 aromatic heterocycles. The highest BCUT2D eigenvalue weighted by Crippen LogP contribution is 2.22. The molecule has 29 heavy (non-hydrogen) atoms. The van der Waals surface area contributed by atoms with E-state index in [2.05, 4.69) is 52.0 Å². The van der Waals surface area contributed by atoms with Crippen molar-refractivity contribution in [3.63, 3.8) is 0 Å². The number of nitrogens with one attached hydrogen (secondary N) is 2. The molecule has 7 heteroatoms. The van der Waals surface area contributed by atoms with Crippen LogP contribution in [0.2, 0.25) is 0 Å². The van der Waals surface area contributed by atoms with Crippen LogP contribution in [0, 0.1) is 0 Å². The van der Waals surface area contributed by atoms with E-state index in [1.54, 1.807) is 7.05 Å². The molecule has 2 aromatic rings. The molecule has 0 atom stereocenters. The molecule has 1 aliphatic rings. The largest absolute Gasteiger partial charge is 0.356 e. The summed E-state index contributed by atoms with van der Waals surface area (Å²) >= 11 is 1.82. The Hall–Kier alpha value is -1.74. The summed E-state index contributed by atoms with van der Waals surface area (Å²) in [6, 6.07) is 18.7. The van der Waals surface area contributed by atoms with Gasteiger partial charge in [0, 0.05) is 50.3 Å². The van der Waals surface area contributed by atoms with Crippen molar-refractivity contribution in [3.8, 4) is 0 Å². The third kappa shape index (κ3) is 7.54. The van der Waals surface area contributed by atoms with Crippen molar-refractivity contribution < 1.29 is 4.79 Å². The van der Waals surface area contributed by atoms with E-state index in [-0.39, 0.29) is 29.9 Å². The monoisotopic (exact) mass is 524 g/mol. The molecule has 0 saturated carbocycles. The minimum atomic E-state index is 0. The van der Waals surface area contributed by atoms with Crippen LogP contribution < -0.4 is 10.6 Å². The topological polar surface area (TPSA) is 56.7 Å². The van der Waals surface area contributed by atoms with Gasteiger partial charge in [-0.15, -0.1) is 35.7 Å². The van der Waals surface area contributed by atoms with E-state index < -0.39 is 0 Å². The van der Waals surface area contributed by atoms with Gasteiger partial charge in [0.25, 0.3) is 0 Å². The summed E-state index contributed by atoms with van der Waals surface area (Å²) in [5.74, 6) is 1.98. The first-order valence-corrected chi connectivity index (χ1v) is 10.7. The van der Waals surface area contributed by atoms with Crippen LogP contribution in [0.1, 0.15) is 24.0 Å². The van der Waals surface area contributed by atoms with E-state index >= 15 is 0 Å². The summed E-state index contributed by atoms with van der Waals surface area (Å²) in [4.78, 5) is 19.9. The number of hydrogen-bond donors (Lipinski definition) is 2. The maximum atomic E-state index is 12.4. The lowest BCUT2D eigenvalue weighted by Crippen LogP contribution is -2.39. The zero-order chi connectivity index (χ0) is 19.6. The van der Waals surface area contributed by atoms with Gasteiger partial charge in [-0.3, -0.25) is 9.79 Å². The summed E-state index contributed by atoms with van der Waals surface area (Å²) in [5.41, 5.74) is 2.54. The molecule has 0 unspecified atom stereocenters. The lowest BCUT2D eigenvalue weighted by atomic mass is 10.1. The van der Waals surface area contributed by atoms with Gasteiger partial charge in [-0.25, -0.2) is 0 Å². The minimum absolute atomic E-state index is 0. The third-order valence-corrected chi connectivity index (χ3v) is 5.70. The van der Waals surface area contributed by atoms with Gasteiger partial charge in [-0.1, -0.05) is 42.5 Å². The molecule has 0 radical (unpaired) electrons. The molecule has 0 aliphatic carbocycles. The normalized spacial score (nSPS) is 12.9. The Kier molecular flexibility index (Phi) is 10.3. The first-order chi connectivity index (χ1) is 13.8. The van der Waals surface area contributed by atoms with Gasteiger partial charge in [0.1, 0.15) is 0 Å². The number of fused-ring (bicyclic) bond motifs is 1. The quantitative estimate of drug-likeness (QED) is 0.181. The molecular formula is C22H29IN4OS. The van der Waals surface area contributed by atoms with Gasteiger partial charge in [0.2, 0.25) is 5.91 Å². The van der Waals surface area contributed by atoms with Gasteiger partial charge in [0.15, 0.2) is 5.96 Å². The fraction of sp³-hybridized carbons (Fsp3) is 0.364. The first kappa shape index (κ1) is 23.5. The average Bonchev–Trinajstić information content (AvgIpc) is 3.17. The number of benzene rings is 2. The predicted octanol–water partition coefficient (Wildman–Crippen LogP) is 3.88. The summed E-state index contributed by atoms with van der Waals surface area (Å²) in [5, 5.41) is 6.61. The Morgan fingerprint density at radius 1 is 1.00 bits per heavy atom. The van der Waals surface area contributed by atoms with Gasteiger partial charge in [-0.2, -0.15) is 0 Å². The van der Waals surface area contributed by atoms with E-state index in [0.717, 1.165) is 44.3 Å². The Bertz CT molecular complexity index is 775. The maximum Gasteiger partial charge on any atom is 0.223 e. The molecule has 1 aliphatic heterocycles. The van der Waals surface area contributed by atoms with Crippen LogP contribution in [0.3, 0.4) is 0 Å². The number of carbonyl (C=O) groups is 1. The molecule has 0 saturated heterocycles. The van der Waals surface area contributed by atoms with Crippen molar-refractivity contribution in [3.05, 3.63) is 65.7 Å². The van der Waals surface area contributed by atoms with Crippen molar-refractivity contribution in [2.45, 2.75) is 30.8 Å². The maximum absolute atomic E-state index is 12.4. The molecule has 0 spiro atoms. The second-order valence-corrected chi connectivity index (χ2v) is 7.88. The van der Waals surface area contributed by atoms with Gasteiger partial charge in [0.05, 0.1) is 0 Å². The number of aliphatic imine (C=N–C) groups is 1. The fourth-order valence-electron chi connectivity index (χ4n) is 3.19. The average molecular weight is 524 g/mol. The number of rotatable bonds is 8. The molecule has 5 nitrogen and oxygen atoms in total. The molecule has 0 bridgehead atoms. The second-order valence-electron chi connectivity index (χ2n) is 6.71. The van der Waals surface area contributed by atoms with E-state index in [9.17, 15) is 4.79 Å². The van der Waals surface area contributed by atoms with Crippen LogP contribution in [-0.4, -0.2) is 42.7 Å². The van der Waals surface area contributed by atoms with Crippen molar-refractivity contribution in [1.29, 1.82) is 0 Å². The number of halogens is 1. The van der Waals surface area contributed by atoms with E-state index in [0.29, 0.717) is 6.42 Å². The lowest BCUT2D eigenvalue weighted by molar-refractivity contribution is -0.131. The second kappa shape index (κ2) is 12.7. The molecule has 1 amide bonds. The highest BCUT2D eigenvalue weighted by molar-refractivity contribution is 14.0. The molecule has 1 heterocycles. The molecular weight excluding hydrogens is 495 g/mol. The Morgan fingerprint density at radius 2 is 1.62 bits per heavy atom. The predicted molar refractivity (Wildman–Crippen MR) is 132 cm³/mol. The van der Waals surface area contributed by atoms with Crippen LogP contribution in [0.4, 0.5) is 0 Å². The Balaban J connectivity index is 0.00000300. The highest BCUT2D eigenvalue weighted by Gasteiger charge is 2.22. The third-order valence-electron chi connectivity index (χ3n) is 4.68. The van der Waals surface area contributed by atoms with E-state index in [1.807, 2.05) is 34.9 Å². The molecule has 2 N–H and O–H groups in total. The zero-order valence-electron chi connectivity index (χ0n) is 16.8. The molecule has 0 fully saturated rings. The zero-order valence-corrected chi connectivity index (χ0v) is 19.9. The van der Waals surface area contributed by atoms with Crippen LogP contribution >= 0.6 is 35.7 Å². The minimum Gasteiger partial charge on any atom is -0.356 e. The van der Waals surface area contributed by atoms with Crippen molar-refractivity contribution in [2.24, 2.45) is 4.99 Å². The number of carbonyl (C=O) groups excluding carboxylic acids is 1. The van der Waals surface area contributed by atoms with Crippen LogP contribution in [0.15, 0.2) is 64.5 Å². The van der Waals surface area contributed by atoms with Crippen LogP contribution in [0.25, 0.3) is 0 Å². The highest BCUT2D eigenvalue weighted by atomic mass is 127. The lowest BCUT2D eigenvalue weighted by Gasteiger charge is -2.16. The summed E-state index contributed by atoms with van der Waals surface area (Å²) in [7, 11) is 1.77. The first-order valence-electron chi connectivity index (χ1n) is 9.73. The van der Waals surface area contributed by atoms with Crippen LogP contribution in [-0.2, 0) is 17.9 Å². The summed E-state index contributed by atoms with van der Waals surface area (Å²) < 4.78 is 0. The van der Waals surface area contributed by atoms with E-state index in [4.69, 9.17) is 0 Å². The van der Waals surface area contributed by atoms with Gasteiger partial charge in [-0.05, 0) is 29.7 Å². The number of thioether (sulfide) groups is 1. The van der Waals surface area contributed by atoms with Crippen molar-refractivity contribution in [2.75, 3.05) is 25.9 Å². The van der Waals surface area contributed by atoms with Crippen LogP contribution in [0.5, 0.6) is 0 Å². The number of hydrogen-bond acceptors (Lipinski definition) is 3.